The second-order valence-electron chi connectivity index (χ2n) is 7.05. The van der Waals surface area contributed by atoms with Gasteiger partial charge in [0.2, 0.25) is 0 Å². The molecule has 3 aromatic heterocycles. The summed E-state index contributed by atoms with van der Waals surface area (Å²) in [5.41, 5.74) is 11.6. The van der Waals surface area contributed by atoms with Gasteiger partial charge in [-0.05, 0) is 42.2 Å². The fourth-order valence-electron chi connectivity index (χ4n) is 4.26. The van der Waals surface area contributed by atoms with E-state index in [9.17, 15) is 0 Å². The van der Waals surface area contributed by atoms with Crippen LogP contribution in [0.2, 0.25) is 0 Å². The zero-order valence-corrected chi connectivity index (χ0v) is 15.0. The van der Waals surface area contributed by atoms with Crippen LogP contribution in [0.15, 0.2) is 35.8 Å². The Balaban J connectivity index is 1.78. The lowest BCUT2D eigenvalue weighted by molar-refractivity contribution is 0.635. The predicted octanol–water partition coefficient (Wildman–Crippen LogP) is 3.95. The van der Waals surface area contributed by atoms with E-state index in [1.54, 1.807) is 0 Å². The Labute approximate surface area is 152 Å². The van der Waals surface area contributed by atoms with Crippen LogP contribution in [0.1, 0.15) is 41.6 Å². The normalized spacial score (nSPS) is 20.2. The number of nitrogens with zero attached hydrogens (tertiary/aromatic N) is 3. The van der Waals surface area contributed by atoms with E-state index < -0.39 is 0 Å². The van der Waals surface area contributed by atoms with Crippen molar-refractivity contribution in [1.29, 1.82) is 0 Å². The van der Waals surface area contributed by atoms with Crippen molar-refractivity contribution in [3.8, 4) is 11.3 Å². The molecule has 1 aliphatic heterocycles. The summed E-state index contributed by atoms with van der Waals surface area (Å²) in [4.78, 5) is 12.8. The largest absolute Gasteiger partial charge is 0.360 e. The number of fused-ring (bicyclic) bond motifs is 4. The molecule has 26 heavy (non-hydrogen) atoms. The van der Waals surface area contributed by atoms with E-state index in [-0.39, 0.29) is 12.0 Å². The van der Waals surface area contributed by atoms with Gasteiger partial charge in [-0.15, -0.1) is 0 Å². The van der Waals surface area contributed by atoms with Crippen LogP contribution in [-0.4, -0.2) is 27.2 Å². The predicted molar refractivity (Wildman–Crippen MR) is 105 cm³/mol. The smallest absolute Gasteiger partial charge is 0.0766 e. The van der Waals surface area contributed by atoms with Gasteiger partial charge >= 0.3 is 0 Å². The highest BCUT2D eigenvalue weighted by Gasteiger charge is 2.32. The molecule has 0 saturated carbocycles. The van der Waals surface area contributed by atoms with Crippen LogP contribution < -0.4 is 5.43 Å². The van der Waals surface area contributed by atoms with Gasteiger partial charge in [0.15, 0.2) is 0 Å². The molecule has 0 bridgehead atoms. The molecule has 2 N–H and O–H groups in total. The summed E-state index contributed by atoms with van der Waals surface area (Å²) in [5.74, 6) is 0.275. The van der Waals surface area contributed by atoms with Gasteiger partial charge in [0.05, 0.1) is 17.4 Å². The first-order valence-corrected chi connectivity index (χ1v) is 9.19. The van der Waals surface area contributed by atoms with Gasteiger partial charge < -0.3 is 10.4 Å². The molecule has 2 unspecified atom stereocenters. The molecule has 0 radical (unpaired) electrons. The average Bonchev–Trinajstić information content (AvgIpc) is 3.30. The average molecular weight is 343 g/mol. The molecule has 3 aromatic rings. The quantitative estimate of drug-likeness (QED) is 0.757. The maximum absolute atomic E-state index is 5.12. The highest BCUT2D eigenvalue weighted by Crippen LogP contribution is 2.39. The number of rotatable bonds is 3. The van der Waals surface area contributed by atoms with E-state index in [0.717, 1.165) is 40.7 Å². The molecular formula is C21H21N5. The topological polar surface area (TPSA) is 66.0 Å². The minimum absolute atomic E-state index is 0.251. The third-order valence-corrected chi connectivity index (χ3v) is 5.53. The summed E-state index contributed by atoms with van der Waals surface area (Å²) in [6, 6.07) is 2.26. The monoisotopic (exact) mass is 343 g/mol. The summed E-state index contributed by atoms with van der Waals surface area (Å²) < 4.78 is 0. The van der Waals surface area contributed by atoms with E-state index in [4.69, 9.17) is 4.98 Å². The molecule has 0 amide bonds. The molecule has 5 heteroatoms. The van der Waals surface area contributed by atoms with E-state index >= 15 is 0 Å². The summed E-state index contributed by atoms with van der Waals surface area (Å²) >= 11 is 0. The van der Waals surface area contributed by atoms with E-state index in [0.29, 0.717) is 0 Å². The first kappa shape index (κ1) is 15.3. The van der Waals surface area contributed by atoms with Gasteiger partial charge in [-0.25, -0.2) is 4.98 Å². The molecule has 5 rings (SSSR count). The van der Waals surface area contributed by atoms with Crippen molar-refractivity contribution in [2.45, 2.75) is 38.6 Å². The lowest BCUT2D eigenvalue weighted by Crippen LogP contribution is -2.28. The summed E-state index contributed by atoms with van der Waals surface area (Å²) in [7, 11) is 0. The highest BCUT2D eigenvalue weighted by atomic mass is 15.3. The fourth-order valence-corrected chi connectivity index (χ4v) is 4.26. The zero-order chi connectivity index (χ0) is 17.7. The van der Waals surface area contributed by atoms with Gasteiger partial charge in [0.1, 0.15) is 0 Å². The Morgan fingerprint density at radius 3 is 3.08 bits per heavy atom. The Kier molecular flexibility index (Phi) is 3.42. The minimum atomic E-state index is 0.251. The molecular weight excluding hydrogens is 322 g/mol. The maximum Gasteiger partial charge on any atom is 0.0766 e. The standard InChI is InChI=1S/C21H21N5/c1-3-4-13-12(2)20-16-11-24-26-18(16)5-6-19(20)25-21(13)15-10-23-17-7-8-22-9-14(15)17/h5-11,16,18,23,26H,3-4H2,1-2H3. The molecule has 5 nitrogen and oxygen atoms in total. The van der Waals surface area contributed by atoms with Crippen LogP contribution in [0.3, 0.4) is 0 Å². The third-order valence-electron chi connectivity index (χ3n) is 5.53. The van der Waals surface area contributed by atoms with Crippen LogP contribution in [0.4, 0.5) is 0 Å². The first-order chi connectivity index (χ1) is 12.8. The number of aromatic amines is 1. The van der Waals surface area contributed by atoms with Crippen molar-refractivity contribution in [3.63, 3.8) is 0 Å². The SMILES string of the molecule is CCCc1c(-c2c[nH]c3ccncc23)nc2c(c1C)C1C=NNC1C=C2. The van der Waals surface area contributed by atoms with Crippen LogP contribution in [0.5, 0.6) is 0 Å². The number of hydrazone groups is 1. The van der Waals surface area contributed by atoms with Crippen molar-refractivity contribution in [1.82, 2.24) is 20.4 Å². The second-order valence-corrected chi connectivity index (χ2v) is 7.05. The van der Waals surface area contributed by atoms with Crippen LogP contribution in [0, 0.1) is 6.92 Å². The van der Waals surface area contributed by atoms with Crippen LogP contribution in [0.25, 0.3) is 28.2 Å². The molecule has 4 heterocycles. The molecule has 0 spiro atoms. The van der Waals surface area contributed by atoms with Crippen LogP contribution >= 0.6 is 0 Å². The Bertz CT molecular complexity index is 1060. The molecule has 0 fully saturated rings. The van der Waals surface area contributed by atoms with Gasteiger partial charge in [-0.2, -0.15) is 5.10 Å². The van der Waals surface area contributed by atoms with E-state index in [1.165, 1.54) is 16.7 Å². The van der Waals surface area contributed by atoms with Gasteiger partial charge in [0.25, 0.3) is 0 Å². The van der Waals surface area contributed by atoms with Gasteiger partial charge in [0, 0.05) is 47.2 Å². The number of pyridine rings is 2. The number of H-pyrrole nitrogens is 1. The molecule has 2 aliphatic rings. The van der Waals surface area contributed by atoms with Gasteiger partial charge in [-0.1, -0.05) is 19.4 Å². The Hall–Kier alpha value is -2.95. The molecule has 0 saturated heterocycles. The number of nitrogens with one attached hydrogen (secondary N) is 2. The summed E-state index contributed by atoms with van der Waals surface area (Å²) in [6.45, 7) is 4.46. The lowest BCUT2D eigenvalue weighted by Gasteiger charge is -2.26. The lowest BCUT2D eigenvalue weighted by atomic mass is 9.82. The summed E-state index contributed by atoms with van der Waals surface area (Å²) in [6.07, 6.45) is 14.2. The zero-order valence-electron chi connectivity index (χ0n) is 15.0. The van der Waals surface area contributed by atoms with Crippen molar-refractivity contribution in [2.75, 3.05) is 0 Å². The number of hydrogen-bond donors (Lipinski definition) is 2. The van der Waals surface area contributed by atoms with E-state index in [2.05, 4.69) is 52.7 Å². The third kappa shape index (κ3) is 2.13. The first-order valence-electron chi connectivity index (χ1n) is 9.19. The van der Waals surface area contributed by atoms with Crippen molar-refractivity contribution >= 4 is 23.2 Å². The van der Waals surface area contributed by atoms with Crippen molar-refractivity contribution in [2.24, 2.45) is 5.10 Å². The summed E-state index contributed by atoms with van der Waals surface area (Å²) in [5, 5.41) is 5.41. The number of aromatic nitrogens is 3. The van der Waals surface area contributed by atoms with Gasteiger partial charge in [-0.3, -0.25) is 4.98 Å². The fraction of sp³-hybridized carbons (Fsp3) is 0.286. The highest BCUT2D eigenvalue weighted by molar-refractivity contribution is 5.95. The molecule has 1 aliphatic carbocycles. The minimum Gasteiger partial charge on any atom is -0.360 e. The molecule has 0 aromatic carbocycles. The van der Waals surface area contributed by atoms with Crippen LogP contribution in [-0.2, 0) is 6.42 Å². The molecule has 2 atom stereocenters. The Morgan fingerprint density at radius 1 is 1.27 bits per heavy atom. The number of hydrogen-bond acceptors (Lipinski definition) is 4. The Morgan fingerprint density at radius 2 is 2.19 bits per heavy atom. The van der Waals surface area contributed by atoms with Crippen molar-refractivity contribution in [3.05, 3.63) is 53.1 Å². The van der Waals surface area contributed by atoms with Crippen molar-refractivity contribution < 1.29 is 0 Å². The maximum atomic E-state index is 5.12. The second kappa shape index (κ2) is 5.80. The molecule has 130 valence electrons. The van der Waals surface area contributed by atoms with E-state index in [1.807, 2.05) is 24.7 Å².